The van der Waals surface area contributed by atoms with Crippen molar-refractivity contribution in [1.29, 1.82) is 0 Å². The predicted molar refractivity (Wildman–Crippen MR) is 75.8 cm³/mol. The van der Waals surface area contributed by atoms with Crippen LogP contribution in [-0.4, -0.2) is 28.7 Å². The van der Waals surface area contributed by atoms with Crippen LogP contribution in [0.15, 0.2) is 36.5 Å². The monoisotopic (exact) mass is 258 g/mol. The van der Waals surface area contributed by atoms with Crippen molar-refractivity contribution in [2.45, 2.75) is 19.4 Å². The standard InChI is InChI=1S/C14H18N4O/c1-14(2,15-3)13(19)17-11-6-4-10(5-7-11)12-8-9-16-18-12/h4-9,15H,1-3H3,(H,16,18)(H,17,19). The first-order chi connectivity index (χ1) is 9.03. The van der Waals surface area contributed by atoms with Crippen LogP contribution in [0.4, 0.5) is 5.69 Å². The Morgan fingerprint density at radius 3 is 2.42 bits per heavy atom. The Hall–Kier alpha value is -2.14. The number of hydrogen-bond acceptors (Lipinski definition) is 3. The second kappa shape index (κ2) is 5.24. The number of hydrogen-bond donors (Lipinski definition) is 3. The number of rotatable bonds is 4. The Labute approximate surface area is 112 Å². The Morgan fingerprint density at radius 2 is 1.89 bits per heavy atom. The van der Waals surface area contributed by atoms with E-state index in [1.165, 1.54) is 0 Å². The molecule has 0 aliphatic carbocycles. The molecule has 100 valence electrons. The third kappa shape index (κ3) is 3.00. The Bertz CT molecular complexity index is 543. The zero-order valence-electron chi connectivity index (χ0n) is 11.3. The van der Waals surface area contributed by atoms with Gasteiger partial charge in [0.05, 0.1) is 11.2 Å². The first kappa shape index (κ1) is 13.3. The number of carbonyl (C=O) groups is 1. The second-order valence-corrected chi connectivity index (χ2v) is 4.88. The summed E-state index contributed by atoms with van der Waals surface area (Å²) in [6, 6.07) is 9.53. The molecule has 1 aromatic carbocycles. The summed E-state index contributed by atoms with van der Waals surface area (Å²) in [6.45, 7) is 3.67. The van der Waals surface area contributed by atoms with Gasteiger partial charge >= 0.3 is 0 Å². The molecule has 2 rings (SSSR count). The lowest BCUT2D eigenvalue weighted by Gasteiger charge is -2.22. The van der Waals surface area contributed by atoms with Crippen molar-refractivity contribution >= 4 is 11.6 Å². The number of nitrogens with zero attached hydrogens (tertiary/aromatic N) is 1. The molecule has 5 nitrogen and oxygen atoms in total. The summed E-state index contributed by atoms with van der Waals surface area (Å²) in [5.74, 6) is -0.0655. The fourth-order valence-corrected chi connectivity index (χ4v) is 1.55. The number of aromatic nitrogens is 2. The molecule has 0 saturated heterocycles. The van der Waals surface area contributed by atoms with Crippen molar-refractivity contribution in [3.63, 3.8) is 0 Å². The summed E-state index contributed by atoms with van der Waals surface area (Å²) in [4.78, 5) is 12.0. The number of H-pyrrole nitrogens is 1. The zero-order chi connectivity index (χ0) is 13.9. The van der Waals surface area contributed by atoms with Crippen molar-refractivity contribution in [2.75, 3.05) is 12.4 Å². The lowest BCUT2D eigenvalue weighted by atomic mass is 10.0. The number of carbonyl (C=O) groups excluding carboxylic acids is 1. The van der Waals surface area contributed by atoms with E-state index in [0.717, 1.165) is 16.9 Å². The molecular formula is C14H18N4O. The van der Waals surface area contributed by atoms with E-state index in [9.17, 15) is 4.79 Å². The molecule has 19 heavy (non-hydrogen) atoms. The lowest BCUT2D eigenvalue weighted by Crippen LogP contribution is -2.47. The number of amides is 1. The van der Waals surface area contributed by atoms with Gasteiger partial charge in [-0.05, 0) is 44.7 Å². The molecule has 0 fully saturated rings. The molecule has 5 heteroatoms. The summed E-state index contributed by atoms with van der Waals surface area (Å²) in [5.41, 5.74) is 2.16. The van der Waals surface area contributed by atoms with Crippen LogP contribution in [0, 0.1) is 0 Å². The summed E-state index contributed by atoms with van der Waals surface area (Å²) >= 11 is 0. The Kier molecular flexibility index (Phi) is 3.66. The highest BCUT2D eigenvalue weighted by molar-refractivity contribution is 5.97. The van der Waals surface area contributed by atoms with Gasteiger partial charge in [-0.3, -0.25) is 9.89 Å². The molecule has 0 unspecified atom stereocenters. The molecule has 0 spiro atoms. The smallest absolute Gasteiger partial charge is 0.244 e. The minimum atomic E-state index is -0.595. The highest BCUT2D eigenvalue weighted by Gasteiger charge is 2.24. The molecular weight excluding hydrogens is 240 g/mol. The van der Waals surface area contributed by atoms with Crippen LogP contribution in [0.1, 0.15) is 13.8 Å². The normalized spacial score (nSPS) is 11.3. The lowest BCUT2D eigenvalue weighted by molar-refractivity contribution is -0.121. The van der Waals surface area contributed by atoms with Crippen molar-refractivity contribution < 1.29 is 4.79 Å². The van der Waals surface area contributed by atoms with Gasteiger partial charge in [0.25, 0.3) is 0 Å². The highest BCUT2D eigenvalue weighted by atomic mass is 16.2. The Morgan fingerprint density at radius 1 is 1.21 bits per heavy atom. The van der Waals surface area contributed by atoms with Gasteiger partial charge in [0.2, 0.25) is 5.91 Å². The van der Waals surface area contributed by atoms with Crippen LogP contribution < -0.4 is 10.6 Å². The topological polar surface area (TPSA) is 69.8 Å². The van der Waals surface area contributed by atoms with Crippen LogP contribution >= 0.6 is 0 Å². The average molecular weight is 258 g/mol. The SMILES string of the molecule is CNC(C)(C)C(=O)Nc1ccc(-c2ccn[nH]2)cc1. The van der Waals surface area contributed by atoms with Gasteiger partial charge in [-0.15, -0.1) is 0 Å². The minimum absolute atomic E-state index is 0.0655. The summed E-state index contributed by atoms with van der Waals surface area (Å²) in [7, 11) is 1.76. The van der Waals surface area contributed by atoms with E-state index in [1.807, 2.05) is 44.2 Å². The van der Waals surface area contributed by atoms with Crippen molar-refractivity contribution in [3.8, 4) is 11.3 Å². The molecule has 1 amide bonds. The van der Waals surface area contributed by atoms with Gasteiger partial charge in [0.15, 0.2) is 0 Å². The third-order valence-corrected chi connectivity index (χ3v) is 3.15. The van der Waals surface area contributed by atoms with E-state index in [1.54, 1.807) is 13.2 Å². The molecule has 0 atom stereocenters. The first-order valence-corrected chi connectivity index (χ1v) is 6.13. The van der Waals surface area contributed by atoms with Crippen LogP contribution in [0.3, 0.4) is 0 Å². The highest BCUT2D eigenvalue weighted by Crippen LogP contribution is 2.19. The summed E-state index contributed by atoms with van der Waals surface area (Å²) in [5, 5.41) is 12.7. The van der Waals surface area contributed by atoms with Crippen molar-refractivity contribution in [1.82, 2.24) is 15.5 Å². The van der Waals surface area contributed by atoms with Gasteiger partial charge in [-0.25, -0.2) is 0 Å². The van der Waals surface area contributed by atoms with Gasteiger partial charge in [-0.2, -0.15) is 5.10 Å². The quantitative estimate of drug-likeness (QED) is 0.785. The number of benzene rings is 1. The van der Waals surface area contributed by atoms with Gasteiger partial charge < -0.3 is 10.6 Å². The van der Waals surface area contributed by atoms with E-state index < -0.39 is 5.54 Å². The van der Waals surface area contributed by atoms with Crippen molar-refractivity contribution in [2.24, 2.45) is 0 Å². The number of nitrogens with one attached hydrogen (secondary N) is 3. The molecule has 0 radical (unpaired) electrons. The summed E-state index contributed by atoms with van der Waals surface area (Å²) < 4.78 is 0. The molecule has 0 saturated carbocycles. The van der Waals surface area contributed by atoms with E-state index >= 15 is 0 Å². The fourth-order valence-electron chi connectivity index (χ4n) is 1.55. The molecule has 0 aliphatic heterocycles. The fraction of sp³-hybridized carbons (Fsp3) is 0.286. The van der Waals surface area contributed by atoms with E-state index in [0.29, 0.717) is 0 Å². The zero-order valence-corrected chi connectivity index (χ0v) is 11.3. The van der Waals surface area contributed by atoms with Crippen LogP contribution in [0.2, 0.25) is 0 Å². The maximum absolute atomic E-state index is 12.0. The first-order valence-electron chi connectivity index (χ1n) is 6.13. The van der Waals surface area contributed by atoms with E-state index in [2.05, 4.69) is 20.8 Å². The molecule has 1 aromatic heterocycles. The molecule has 1 heterocycles. The van der Waals surface area contributed by atoms with E-state index in [-0.39, 0.29) is 5.91 Å². The van der Waals surface area contributed by atoms with Crippen molar-refractivity contribution in [3.05, 3.63) is 36.5 Å². The van der Waals surface area contributed by atoms with Crippen LogP contribution in [0.25, 0.3) is 11.3 Å². The summed E-state index contributed by atoms with van der Waals surface area (Å²) in [6.07, 6.45) is 1.71. The van der Waals surface area contributed by atoms with Gasteiger partial charge in [-0.1, -0.05) is 12.1 Å². The minimum Gasteiger partial charge on any atom is -0.325 e. The molecule has 2 aromatic rings. The molecule has 0 bridgehead atoms. The van der Waals surface area contributed by atoms with Crippen LogP contribution in [-0.2, 0) is 4.79 Å². The molecule has 3 N–H and O–H groups in total. The molecule has 0 aliphatic rings. The Balaban J connectivity index is 2.10. The largest absolute Gasteiger partial charge is 0.325 e. The van der Waals surface area contributed by atoms with Gasteiger partial charge in [0, 0.05) is 11.9 Å². The predicted octanol–water partition coefficient (Wildman–Crippen LogP) is 2.01. The van der Waals surface area contributed by atoms with Crippen LogP contribution in [0.5, 0.6) is 0 Å². The number of aromatic amines is 1. The average Bonchev–Trinajstić information content (AvgIpc) is 2.93. The third-order valence-electron chi connectivity index (χ3n) is 3.15. The maximum Gasteiger partial charge on any atom is 0.244 e. The van der Waals surface area contributed by atoms with E-state index in [4.69, 9.17) is 0 Å². The number of anilines is 1. The number of likely N-dealkylation sites (N-methyl/N-ethyl adjacent to an activating group) is 1. The maximum atomic E-state index is 12.0. The van der Waals surface area contributed by atoms with Gasteiger partial charge in [0.1, 0.15) is 0 Å². The second-order valence-electron chi connectivity index (χ2n) is 4.88.